The summed E-state index contributed by atoms with van der Waals surface area (Å²) in [4.78, 5) is 11.6. The van der Waals surface area contributed by atoms with Crippen molar-refractivity contribution in [1.82, 2.24) is 0 Å². The minimum absolute atomic E-state index is 0.0329. The van der Waals surface area contributed by atoms with Crippen LogP contribution in [0.15, 0.2) is 42.0 Å². The number of allylic oxidation sites excluding steroid dienone is 5. The molecule has 1 aromatic rings. The highest BCUT2D eigenvalue weighted by molar-refractivity contribution is 5.83. The molecule has 3 nitrogen and oxygen atoms in total. The van der Waals surface area contributed by atoms with Crippen LogP contribution in [0.4, 0.5) is 13.2 Å². The molecule has 1 aliphatic carbocycles. The molecule has 6 heteroatoms. The average molecular weight is 465 g/mol. The Morgan fingerprint density at radius 1 is 1.03 bits per heavy atom. The first-order chi connectivity index (χ1) is 15.2. The molecule has 0 aliphatic heterocycles. The SMILES string of the molecule is CCOC(=O)/C=C(C)/C=C/C=C(/c1cc2c(cc1OCC)C(C)(C)CCC2(C)C)C(F)(F)F. The Kier molecular flexibility index (Phi) is 8.26. The summed E-state index contributed by atoms with van der Waals surface area (Å²) in [6.45, 7) is 14.0. The molecular formula is C27H35F3O3. The van der Waals surface area contributed by atoms with Gasteiger partial charge in [0, 0.05) is 11.6 Å². The Morgan fingerprint density at radius 3 is 2.12 bits per heavy atom. The second kappa shape index (κ2) is 10.2. The van der Waals surface area contributed by atoms with Gasteiger partial charge >= 0.3 is 12.1 Å². The predicted molar refractivity (Wildman–Crippen MR) is 126 cm³/mol. The van der Waals surface area contributed by atoms with Crippen molar-refractivity contribution < 1.29 is 27.4 Å². The molecule has 2 rings (SSSR count). The number of halogens is 3. The van der Waals surface area contributed by atoms with Crippen molar-refractivity contribution in [3.63, 3.8) is 0 Å². The summed E-state index contributed by atoms with van der Waals surface area (Å²) in [6, 6.07) is 3.46. The fourth-order valence-corrected chi connectivity index (χ4v) is 4.13. The van der Waals surface area contributed by atoms with Gasteiger partial charge in [-0.15, -0.1) is 0 Å². The number of esters is 1. The molecule has 182 valence electrons. The monoisotopic (exact) mass is 464 g/mol. The zero-order valence-electron chi connectivity index (χ0n) is 20.7. The minimum atomic E-state index is -4.59. The standard InChI is InChI=1S/C27H35F3O3/c1-8-32-23-17-22-21(25(4,5)13-14-26(22,6)7)16-19(23)20(27(28,29)30)12-10-11-18(3)15-24(31)33-9-2/h10-12,15-17H,8-9,13-14H2,1-7H3/b11-10+,18-15+,20-12-. The zero-order valence-corrected chi connectivity index (χ0v) is 20.7. The smallest absolute Gasteiger partial charge is 0.417 e. The van der Waals surface area contributed by atoms with E-state index in [-0.39, 0.29) is 35.4 Å². The Labute approximate surface area is 195 Å². The van der Waals surface area contributed by atoms with Crippen LogP contribution in [0.2, 0.25) is 0 Å². The number of carbonyl (C=O) groups excluding carboxylic acids is 1. The van der Waals surface area contributed by atoms with Crippen LogP contribution in [-0.2, 0) is 20.4 Å². The normalized spacial score (nSPS) is 18.2. The number of ether oxygens (including phenoxy) is 2. The van der Waals surface area contributed by atoms with Gasteiger partial charge in [-0.05, 0) is 79.4 Å². The van der Waals surface area contributed by atoms with Crippen molar-refractivity contribution in [2.75, 3.05) is 13.2 Å². The molecule has 0 unspecified atom stereocenters. The third-order valence-corrected chi connectivity index (χ3v) is 6.10. The largest absolute Gasteiger partial charge is 0.493 e. The number of alkyl halides is 3. The van der Waals surface area contributed by atoms with Gasteiger partial charge < -0.3 is 9.47 Å². The number of carbonyl (C=O) groups is 1. The molecule has 0 fully saturated rings. The highest BCUT2D eigenvalue weighted by Gasteiger charge is 2.41. The predicted octanol–water partition coefficient (Wildman–Crippen LogP) is 7.45. The Balaban J connectivity index is 2.64. The summed E-state index contributed by atoms with van der Waals surface area (Å²) < 4.78 is 53.1. The van der Waals surface area contributed by atoms with Crippen LogP contribution in [0.25, 0.3) is 5.57 Å². The second-order valence-electron chi connectivity index (χ2n) is 9.67. The molecule has 33 heavy (non-hydrogen) atoms. The van der Waals surface area contributed by atoms with Gasteiger partial charge in [-0.3, -0.25) is 0 Å². The number of benzene rings is 1. The van der Waals surface area contributed by atoms with E-state index in [1.807, 2.05) is 0 Å². The molecule has 0 atom stereocenters. The first-order valence-electron chi connectivity index (χ1n) is 11.4. The highest BCUT2D eigenvalue weighted by Crippen LogP contribution is 2.50. The van der Waals surface area contributed by atoms with Gasteiger partial charge in [0.2, 0.25) is 0 Å². The molecule has 0 bridgehead atoms. The number of fused-ring (bicyclic) bond motifs is 1. The van der Waals surface area contributed by atoms with Crippen LogP contribution >= 0.6 is 0 Å². The van der Waals surface area contributed by atoms with Crippen LogP contribution in [0, 0.1) is 0 Å². The summed E-state index contributed by atoms with van der Waals surface area (Å²) in [5.41, 5.74) is 1.32. The third kappa shape index (κ3) is 6.52. The van der Waals surface area contributed by atoms with Gasteiger partial charge in [0.05, 0.1) is 18.8 Å². The van der Waals surface area contributed by atoms with E-state index < -0.39 is 17.7 Å². The molecule has 0 amide bonds. The maximum Gasteiger partial charge on any atom is 0.417 e. The highest BCUT2D eigenvalue weighted by atomic mass is 19.4. The molecule has 0 radical (unpaired) electrons. The summed E-state index contributed by atoms with van der Waals surface area (Å²) in [7, 11) is 0. The van der Waals surface area contributed by atoms with Crippen molar-refractivity contribution in [1.29, 1.82) is 0 Å². The fourth-order valence-electron chi connectivity index (χ4n) is 4.13. The molecule has 0 aromatic heterocycles. The topological polar surface area (TPSA) is 35.5 Å². The molecule has 1 aliphatic rings. The van der Waals surface area contributed by atoms with Crippen molar-refractivity contribution >= 4 is 11.5 Å². The lowest BCUT2D eigenvalue weighted by atomic mass is 9.62. The Hall–Kier alpha value is -2.50. The van der Waals surface area contributed by atoms with Gasteiger partial charge in [-0.1, -0.05) is 39.8 Å². The van der Waals surface area contributed by atoms with Crippen molar-refractivity contribution in [3.05, 3.63) is 58.7 Å². The first-order valence-corrected chi connectivity index (χ1v) is 11.4. The Bertz CT molecular complexity index is 964. The fraction of sp³-hybridized carbons (Fsp3) is 0.519. The van der Waals surface area contributed by atoms with E-state index in [9.17, 15) is 18.0 Å². The molecule has 0 heterocycles. The first kappa shape index (κ1) is 26.7. The number of hydrogen-bond acceptors (Lipinski definition) is 3. The van der Waals surface area contributed by atoms with Crippen LogP contribution in [0.5, 0.6) is 5.75 Å². The van der Waals surface area contributed by atoms with E-state index in [0.717, 1.165) is 30.0 Å². The van der Waals surface area contributed by atoms with E-state index >= 15 is 0 Å². The number of hydrogen-bond donors (Lipinski definition) is 0. The van der Waals surface area contributed by atoms with Crippen LogP contribution in [-0.4, -0.2) is 25.4 Å². The van der Waals surface area contributed by atoms with Gasteiger partial charge in [0.25, 0.3) is 0 Å². The summed E-state index contributed by atoms with van der Waals surface area (Å²) in [5, 5.41) is 0. The quantitative estimate of drug-likeness (QED) is 0.239. The maximum absolute atomic E-state index is 14.2. The average Bonchev–Trinajstić information content (AvgIpc) is 2.68. The second-order valence-corrected chi connectivity index (χ2v) is 9.67. The molecule has 0 N–H and O–H groups in total. The zero-order chi connectivity index (χ0) is 25.0. The molecule has 0 saturated carbocycles. The van der Waals surface area contributed by atoms with Crippen LogP contribution in [0.1, 0.15) is 78.0 Å². The van der Waals surface area contributed by atoms with Gasteiger partial charge in [-0.2, -0.15) is 13.2 Å². The van der Waals surface area contributed by atoms with E-state index in [0.29, 0.717) is 5.57 Å². The third-order valence-electron chi connectivity index (χ3n) is 6.10. The molecule has 0 saturated heterocycles. The van der Waals surface area contributed by atoms with Gasteiger partial charge in [0.15, 0.2) is 0 Å². The lowest BCUT2D eigenvalue weighted by molar-refractivity contribution is -0.137. The van der Waals surface area contributed by atoms with E-state index in [1.165, 1.54) is 18.2 Å². The van der Waals surface area contributed by atoms with Gasteiger partial charge in [-0.25, -0.2) is 4.79 Å². The summed E-state index contributed by atoms with van der Waals surface area (Å²) in [5.74, 6) is -0.296. The van der Waals surface area contributed by atoms with Crippen molar-refractivity contribution in [2.24, 2.45) is 0 Å². The Morgan fingerprint density at radius 2 is 1.61 bits per heavy atom. The molecule has 0 spiro atoms. The lowest BCUT2D eigenvalue weighted by Crippen LogP contribution is -2.34. The lowest BCUT2D eigenvalue weighted by Gasteiger charge is -2.42. The summed E-state index contributed by atoms with van der Waals surface area (Å²) >= 11 is 0. The van der Waals surface area contributed by atoms with Crippen molar-refractivity contribution in [3.8, 4) is 5.75 Å². The van der Waals surface area contributed by atoms with E-state index in [1.54, 1.807) is 32.9 Å². The number of rotatable bonds is 7. The maximum atomic E-state index is 14.2. The van der Waals surface area contributed by atoms with E-state index in [2.05, 4.69) is 27.7 Å². The molecule has 1 aromatic carbocycles. The van der Waals surface area contributed by atoms with E-state index in [4.69, 9.17) is 9.47 Å². The van der Waals surface area contributed by atoms with Crippen LogP contribution < -0.4 is 4.74 Å². The van der Waals surface area contributed by atoms with Crippen LogP contribution in [0.3, 0.4) is 0 Å². The molecular weight excluding hydrogens is 429 g/mol. The van der Waals surface area contributed by atoms with Gasteiger partial charge in [0.1, 0.15) is 5.75 Å². The van der Waals surface area contributed by atoms with Crippen molar-refractivity contribution in [2.45, 2.75) is 78.3 Å². The summed E-state index contributed by atoms with van der Waals surface area (Å²) in [6.07, 6.45) is 2.30. The minimum Gasteiger partial charge on any atom is -0.493 e.